The number of benzene rings is 2. The molecule has 2 atom stereocenters. The van der Waals surface area contributed by atoms with Crippen LogP contribution in [0.4, 0.5) is 50.0 Å². The van der Waals surface area contributed by atoms with E-state index in [0.29, 0.717) is 37.8 Å². The Kier molecular flexibility index (Phi) is 11.0. The van der Waals surface area contributed by atoms with Crippen molar-refractivity contribution in [3.8, 4) is 5.75 Å². The number of nitrogens with zero attached hydrogens (tertiary/aromatic N) is 2. The number of hydrogen-bond acceptors (Lipinski definition) is 6. The highest BCUT2D eigenvalue weighted by molar-refractivity contribution is 5.95. The van der Waals surface area contributed by atoms with Crippen LogP contribution in [0.15, 0.2) is 36.4 Å². The molecule has 17 heteroatoms. The van der Waals surface area contributed by atoms with Crippen molar-refractivity contribution >= 4 is 23.7 Å². The molecule has 2 amide bonds. The molecule has 0 unspecified atom stereocenters. The first-order valence-electron chi connectivity index (χ1n) is 15.3. The third-order valence-electron chi connectivity index (χ3n) is 8.60. The minimum atomic E-state index is -5.16. The first-order valence-corrected chi connectivity index (χ1v) is 15.3. The van der Waals surface area contributed by atoms with Crippen molar-refractivity contribution in [3.63, 3.8) is 0 Å². The van der Waals surface area contributed by atoms with Crippen LogP contribution >= 0.6 is 0 Å². The van der Waals surface area contributed by atoms with Crippen LogP contribution in [0, 0.1) is 11.8 Å². The fourth-order valence-corrected chi connectivity index (χ4v) is 6.16. The van der Waals surface area contributed by atoms with Crippen LogP contribution in [0.2, 0.25) is 0 Å². The summed E-state index contributed by atoms with van der Waals surface area (Å²) in [5.74, 6) is -1.91. The van der Waals surface area contributed by atoms with Gasteiger partial charge >= 0.3 is 30.8 Å². The third-order valence-corrected chi connectivity index (χ3v) is 8.60. The third kappa shape index (κ3) is 9.29. The highest BCUT2D eigenvalue weighted by Crippen LogP contribution is 2.42. The van der Waals surface area contributed by atoms with Crippen LogP contribution < -0.4 is 9.64 Å². The average molecular weight is 713 g/mol. The van der Waals surface area contributed by atoms with E-state index >= 15 is 0 Å². The van der Waals surface area contributed by atoms with Crippen LogP contribution in [0.1, 0.15) is 74.3 Å². The molecule has 1 saturated heterocycles. The predicted molar refractivity (Wildman–Crippen MR) is 154 cm³/mol. The molecule has 1 heterocycles. The maximum absolute atomic E-state index is 13.6. The smallest absolute Gasteiger partial charge is 0.466 e. The molecule has 270 valence electrons. The van der Waals surface area contributed by atoms with Crippen molar-refractivity contribution in [2.24, 2.45) is 11.8 Å². The van der Waals surface area contributed by atoms with E-state index in [4.69, 9.17) is 9.47 Å². The molecule has 0 aromatic heterocycles. The molecule has 2 fully saturated rings. The maximum atomic E-state index is 13.6. The molecule has 2 aromatic carbocycles. The van der Waals surface area contributed by atoms with E-state index < -0.39 is 71.9 Å². The average Bonchev–Trinajstić information content (AvgIpc) is 3.27. The van der Waals surface area contributed by atoms with E-state index in [0.717, 1.165) is 17.0 Å². The molecule has 1 saturated carbocycles. The molecule has 0 spiro atoms. The Labute approximate surface area is 275 Å². The molecular weight excluding hydrogens is 679 g/mol. The van der Waals surface area contributed by atoms with Gasteiger partial charge in [-0.3, -0.25) is 14.5 Å². The predicted octanol–water partition coefficient (Wildman–Crippen LogP) is 8.43. The molecule has 4 rings (SSSR count). The Morgan fingerprint density at radius 2 is 1.51 bits per heavy atom. The summed E-state index contributed by atoms with van der Waals surface area (Å²) in [7, 11) is 1.38. The molecule has 0 radical (unpaired) electrons. The van der Waals surface area contributed by atoms with Gasteiger partial charge in [0, 0.05) is 25.1 Å². The van der Waals surface area contributed by atoms with Gasteiger partial charge in [-0.2, -0.15) is 26.3 Å². The van der Waals surface area contributed by atoms with Crippen molar-refractivity contribution in [1.82, 2.24) is 4.90 Å². The van der Waals surface area contributed by atoms with E-state index in [9.17, 15) is 53.9 Å². The SMILES string of the molecule is CCOC(=O)CC1CCC(C(=O)N(C)c2ccc(OC(F)(F)F)cc2CN2C(=O)O[C@H](c3cc(C(F)(F)F)cc(C(F)(F)F)c3)[C@@H]2C)CC1. The molecule has 49 heavy (non-hydrogen) atoms. The van der Waals surface area contributed by atoms with Crippen molar-refractivity contribution in [2.75, 3.05) is 18.6 Å². The monoisotopic (exact) mass is 712 g/mol. The molecule has 2 aromatic rings. The largest absolute Gasteiger partial charge is 0.573 e. The minimum absolute atomic E-state index is 0.0161. The van der Waals surface area contributed by atoms with E-state index in [1.54, 1.807) is 6.92 Å². The van der Waals surface area contributed by atoms with Gasteiger partial charge in [-0.15, -0.1) is 13.2 Å². The van der Waals surface area contributed by atoms with Crippen molar-refractivity contribution in [3.05, 3.63) is 58.7 Å². The van der Waals surface area contributed by atoms with E-state index in [1.807, 2.05) is 0 Å². The summed E-state index contributed by atoms with van der Waals surface area (Å²) >= 11 is 0. The van der Waals surface area contributed by atoms with E-state index in [-0.39, 0.29) is 48.1 Å². The summed E-state index contributed by atoms with van der Waals surface area (Å²) < 4.78 is 135. The standard InChI is InChI=1S/C32H33F9N2O6/c1-4-47-26(44)11-18-5-7-19(8-6-18)28(45)42(3)25-10-9-24(49-32(39,40)41)14-21(25)16-43-17(2)27(48-29(43)46)20-12-22(30(33,34)35)15-23(13-20)31(36,37)38/h9-10,12-15,17-19,27H,4-8,11,16H2,1-3H3/t17-,18?,19?,27-/m0/s1. The lowest BCUT2D eigenvalue weighted by molar-refractivity contribution is -0.274. The van der Waals surface area contributed by atoms with Gasteiger partial charge < -0.3 is 19.1 Å². The Bertz CT molecular complexity index is 1500. The van der Waals surface area contributed by atoms with Gasteiger partial charge in [0.05, 0.1) is 30.3 Å². The van der Waals surface area contributed by atoms with Crippen molar-refractivity contribution < 1.29 is 68.1 Å². The van der Waals surface area contributed by atoms with Gasteiger partial charge in [0.25, 0.3) is 0 Å². The minimum Gasteiger partial charge on any atom is -0.466 e. The van der Waals surface area contributed by atoms with Gasteiger partial charge in [0.15, 0.2) is 0 Å². The lowest BCUT2D eigenvalue weighted by Gasteiger charge is -2.31. The number of anilines is 1. The lowest BCUT2D eigenvalue weighted by atomic mass is 9.80. The van der Waals surface area contributed by atoms with Crippen LogP contribution in [0.25, 0.3) is 0 Å². The molecule has 1 aliphatic carbocycles. The molecule has 0 bridgehead atoms. The summed E-state index contributed by atoms with van der Waals surface area (Å²) in [5.41, 5.74) is -3.79. The topological polar surface area (TPSA) is 85.4 Å². The summed E-state index contributed by atoms with van der Waals surface area (Å²) in [5, 5.41) is 0. The summed E-state index contributed by atoms with van der Waals surface area (Å²) in [6.45, 7) is 2.68. The second kappa shape index (κ2) is 14.4. The summed E-state index contributed by atoms with van der Waals surface area (Å²) in [6.07, 6.45) is -16.0. The Hall–Kier alpha value is -4.18. The second-order valence-electron chi connectivity index (χ2n) is 12.0. The zero-order chi connectivity index (χ0) is 36.5. The van der Waals surface area contributed by atoms with Gasteiger partial charge in [-0.1, -0.05) is 0 Å². The number of esters is 1. The van der Waals surface area contributed by atoms with Gasteiger partial charge in [-0.05, 0) is 93.0 Å². The molecule has 1 aliphatic heterocycles. The van der Waals surface area contributed by atoms with Gasteiger partial charge in [0.2, 0.25) is 5.91 Å². The highest BCUT2D eigenvalue weighted by Gasteiger charge is 2.44. The number of carbonyl (C=O) groups is 3. The van der Waals surface area contributed by atoms with Crippen LogP contribution in [-0.2, 0) is 38.0 Å². The first kappa shape index (κ1) is 37.6. The zero-order valence-electron chi connectivity index (χ0n) is 26.5. The molecule has 8 nitrogen and oxygen atoms in total. The van der Waals surface area contributed by atoms with Gasteiger partial charge in [-0.25, -0.2) is 4.79 Å². The fourth-order valence-electron chi connectivity index (χ4n) is 6.16. The number of carbonyl (C=O) groups excluding carboxylic acids is 3. The summed E-state index contributed by atoms with van der Waals surface area (Å²) in [4.78, 5) is 40.5. The number of halogens is 9. The van der Waals surface area contributed by atoms with Gasteiger partial charge in [0.1, 0.15) is 11.9 Å². The number of cyclic esters (lactones) is 1. The number of rotatable bonds is 9. The molecular formula is C32H33F9N2O6. The number of ether oxygens (including phenoxy) is 3. The zero-order valence-corrected chi connectivity index (χ0v) is 26.5. The van der Waals surface area contributed by atoms with E-state index in [2.05, 4.69) is 4.74 Å². The Morgan fingerprint density at radius 1 is 0.918 bits per heavy atom. The highest BCUT2D eigenvalue weighted by atomic mass is 19.4. The summed E-state index contributed by atoms with van der Waals surface area (Å²) in [6, 6.07) is 2.67. The number of hydrogen-bond donors (Lipinski definition) is 0. The maximum Gasteiger partial charge on any atom is 0.573 e. The van der Waals surface area contributed by atoms with Crippen molar-refractivity contribution in [1.29, 1.82) is 0 Å². The lowest BCUT2D eigenvalue weighted by Crippen LogP contribution is -2.37. The quantitative estimate of drug-likeness (QED) is 0.192. The first-order chi connectivity index (χ1) is 22.7. The van der Waals surface area contributed by atoms with Crippen LogP contribution in [-0.4, -0.2) is 48.9 Å². The molecule has 0 N–H and O–H groups in total. The van der Waals surface area contributed by atoms with Crippen molar-refractivity contribution in [2.45, 2.75) is 83.4 Å². The van der Waals surface area contributed by atoms with Crippen LogP contribution in [0.5, 0.6) is 5.75 Å². The Morgan fingerprint density at radius 3 is 2.04 bits per heavy atom. The van der Waals surface area contributed by atoms with Crippen LogP contribution in [0.3, 0.4) is 0 Å². The molecule has 2 aliphatic rings. The normalized spacial score (nSPS) is 21.7. The van der Waals surface area contributed by atoms with E-state index in [1.165, 1.54) is 24.9 Å². The fraction of sp³-hybridized carbons (Fsp3) is 0.531. The number of alkyl halides is 9. The Balaban J connectivity index is 1.60. The number of amides is 2. The second-order valence-corrected chi connectivity index (χ2v) is 12.0.